The largest absolute Gasteiger partial charge is 0.486 e. The van der Waals surface area contributed by atoms with Gasteiger partial charge in [0.15, 0.2) is 0 Å². The van der Waals surface area contributed by atoms with Gasteiger partial charge in [-0.15, -0.1) is 0 Å². The van der Waals surface area contributed by atoms with Gasteiger partial charge in [-0.1, -0.05) is 17.7 Å². The third-order valence-corrected chi connectivity index (χ3v) is 3.34. The summed E-state index contributed by atoms with van der Waals surface area (Å²) >= 11 is 5.98. The van der Waals surface area contributed by atoms with Gasteiger partial charge in [0.25, 0.3) is 0 Å². The summed E-state index contributed by atoms with van der Waals surface area (Å²) in [5.74, 6) is 0.841. The van der Waals surface area contributed by atoms with Crippen LogP contribution in [0.4, 0.5) is 0 Å². The number of likely N-dealkylation sites (N-methyl/N-ethyl adjacent to an activating group) is 1. The highest BCUT2D eigenvalue weighted by atomic mass is 35.5. The highest BCUT2D eigenvalue weighted by molar-refractivity contribution is 6.30. The van der Waals surface area contributed by atoms with Crippen LogP contribution >= 0.6 is 11.6 Å². The average Bonchev–Trinajstić information content (AvgIpc) is 2.34. The van der Waals surface area contributed by atoms with Gasteiger partial charge in [0, 0.05) is 17.7 Å². The smallest absolute Gasteiger partial charge is 0.137 e. The number of benzene rings is 1. The van der Waals surface area contributed by atoms with Crippen LogP contribution in [-0.2, 0) is 4.74 Å². The Bertz CT molecular complexity index is 384. The second kappa shape index (κ2) is 5.71. The zero-order valence-electron chi connectivity index (χ0n) is 10.2. The molecule has 1 saturated heterocycles. The number of nitrogens with one attached hydrogen (secondary N) is 1. The minimum atomic E-state index is 0.0471. The van der Waals surface area contributed by atoms with E-state index in [4.69, 9.17) is 21.1 Å². The maximum absolute atomic E-state index is 6.00. The van der Waals surface area contributed by atoms with Crippen LogP contribution in [0.2, 0.25) is 5.02 Å². The SMILES string of the molecule is CNC1CCOCC1Oc1cc(Cl)ccc1C. The summed E-state index contributed by atoms with van der Waals surface area (Å²) in [5.41, 5.74) is 1.09. The number of ether oxygens (including phenoxy) is 2. The van der Waals surface area contributed by atoms with Crippen molar-refractivity contribution in [3.05, 3.63) is 28.8 Å². The van der Waals surface area contributed by atoms with Gasteiger partial charge in [-0.3, -0.25) is 0 Å². The predicted molar refractivity (Wildman–Crippen MR) is 68.9 cm³/mol. The zero-order chi connectivity index (χ0) is 12.3. The predicted octanol–water partition coefficient (Wildman–Crippen LogP) is 2.40. The monoisotopic (exact) mass is 255 g/mol. The Kier molecular flexibility index (Phi) is 4.26. The molecule has 1 aromatic carbocycles. The molecule has 2 unspecified atom stereocenters. The Morgan fingerprint density at radius 1 is 1.47 bits per heavy atom. The molecule has 2 atom stereocenters. The summed E-state index contributed by atoms with van der Waals surface area (Å²) in [6.45, 7) is 3.43. The average molecular weight is 256 g/mol. The Morgan fingerprint density at radius 3 is 3.06 bits per heavy atom. The molecule has 0 saturated carbocycles. The van der Waals surface area contributed by atoms with Gasteiger partial charge >= 0.3 is 0 Å². The molecule has 0 aliphatic carbocycles. The van der Waals surface area contributed by atoms with Crippen molar-refractivity contribution in [3.63, 3.8) is 0 Å². The van der Waals surface area contributed by atoms with Crippen molar-refractivity contribution in [2.24, 2.45) is 0 Å². The first kappa shape index (κ1) is 12.7. The Balaban J connectivity index is 2.10. The topological polar surface area (TPSA) is 30.5 Å². The van der Waals surface area contributed by atoms with Crippen molar-refractivity contribution in [2.45, 2.75) is 25.5 Å². The molecule has 4 heteroatoms. The molecule has 1 N–H and O–H groups in total. The molecule has 1 aromatic rings. The van der Waals surface area contributed by atoms with Crippen LogP contribution in [0.3, 0.4) is 0 Å². The molecule has 2 rings (SSSR count). The van der Waals surface area contributed by atoms with Crippen LogP contribution < -0.4 is 10.1 Å². The lowest BCUT2D eigenvalue weighted by atomic mass is 10.1. The van der Waals surface area contributed by atoms with Crippen molar-refractivity contribution < 1.29 is 9.47 Å². The maximum Gasteiger partial charge on any atom is 0.137 e. The molecular weight excluding hydrogens is 238 g/mol. The van der Waals surface area contributed by atoms with Crippen molar-refractivity contribution in [2.75, 3.05) is 20.3 Å². The van der Waals surface area contributed by atoms with Crippen LogP contribution in [0.5, 0.6) is 5.75 Å². The van der Waals surface area contributed by atoms with Crippen LogP contribution in [-0.4, -0.2) is 32.4 Å². The quantitative estimate of drug-likeness (QED) is 0.900. The minimum absolute atomic E-state index is 0.0471. The molecule has 1 aliphatic heterocycles. The van der Waals surface area contributed by atoms with Crippen molar-refractivity contribution in [3.8, 4) is 5.75 Å². The zero-order valence-corrected chi connectivity index (χ0v) is 11.0. The van der Waals surface area contributed by atoms with Gasteiger partial charge in [-0.05, 0) is 38.1 Å². The molecule has 3 nitrogen and oxygen atoms in total. The van der Waals surface area contributed by atoms with E-state index in [0.717, 1.165) is 24.3 Å². The van der Waals surface area contributed by atoms with E-state index >= 15 is 0 Å². The summed E-state index contributed by atoms with van der Waals surface area (Å²) in [6, 6.07) is 6.03. The molecule has 0 bridgehead atoms. The van der Waals surface area contributed by atoms with E-state index in [1.165, 1.54) is 0 Å². The molecule has 1 aliphatic rings. The van der Waals surface area contributed by atoms with Crippen LogP contribution in [0.1, 0.15) is 12.0 Å². The fraction of sp³-hybridized carbons (Fsp3) is 0.538. The lowest BCUT2D eigenvalue weighted by Gasteiger charge is -2.32. The number of aryl methyl sites for hydroxylation is 1. The molecule has 0 spiro atoms. The summed E-state index contributed by atoms with van der Waals surface area (Å²) in [5, 5.41) is 3.97. The van der Waals surface area contributed by atoms with E-state index in [0.29, 0.717) is 17.7 Å². The molecule has 1 heterocycles. The second-order valence-corrected chi connectivity index (χ2v) is 4.76. The Hall–Kier alpha value is -0.770. The molecule has 0 radical (unpaired) electrons. The van der Waals surface area contributed by atoms with Crippen molar-refractivity contribution in [1.82, 2.24) is 5.32 Å². The first-order chi connectivity index (χ1) is 8.20. The Labute approximate surface area is 107 Å². The minimum Gasteiger partial charge on any atom is -0.486 e. The molecule has 17 heavy (non-hydrogen) atoms. The van der Waals surface area contributed by atoms with E-state index < -0.39 is 0 Å². The molecule has 94 valence electrons. The fourth-order valence-electron chi connectivity index (χ4n) is 2.02. The third kappa shape index (κ3) is 3.12. The van der Waals surface area contributed by atoms with E-state index in [9.17, 15) is 0 Å². The Morgan fingerprint density at radius 2 is 2.29 bits per heavy atom. The summed E-state index contributed by atoms with van der Waals surface area (Å²) in [6.07, 6.45) is 1.02. The summed E-state index contributed by atoms with van der Waals surface area (Å²) < 4.78 is 11.5. The van der Waals surface area contributed by atoms with Gasteiger partial charge < -0.3 is 14.8 Å². The normalized spacial score (nSPS) is 24.6. The highest BCUT2D eigenvalue weighted by Crippen LogP contribution is 2.25. The van der Waals surface area contributed by atoms with Gasteiger partial charge in [-0.25, -0.2) is 0 Å². The number of hydrogen-bond acceptors (Lipinski definition) is 3. The fourth-order valence-corrected chi connectivity index (χ4v) is 2.18. The highest BCUT2D eigenvalue weighted by Gasteiger charge is 2.26. The van der Waals surface area contributed by atoms with Crippen LogP contribution in [0.25, 0.3) is 0 Å². The van der Waals surface area contributed by atoms with E-state index in [-0.39, 0.29) is 6.10 Å². The standard InChI is InChI=1S/C13H18ClNO2/c1-9-3-4-10(14)7-12(9)17-13-8-16-6-5-11(13)15-2/h3-4,7,11,13,15H,5-6,8H2,1-2H3. The molecule has 1 fully saturated rings. The van der Waals surface area contributed by atoms with Gasteiger partial charge in [-0.2, -0.15) is 0 Å². The maximum atomic E-state index is 6.00. The van der Waals surface area contributed by atoms with Crippen LogP contribution in [0.15, 0.2) is 18.2 Å². The van der Waals surface area contributed by atoms with Crippen molar-refractivity contribution >= 4 is 11.6 Å². The third-order valence-electron chi connectivity index (χ3n) is 3.10. The van der Waals surface area contributed by atoms with E-state index in [1.807, 2.05) is 32.2 Å². The van der Waals surface area contributed by atoms with Gasteiger partial charge in [0.2, 0.25) is 0 Å². The number of halogens is 1. The van der Waals surface area contributed by atoms with Gasteiger partial charge in [0.1, 0.15) is 11.9 Å². The number of rotatable bonds is 3. The molecule has 0 amide bonds. The van der Waals surface area contributed by atoms with Gasteiger partial charge in [0.05, 0.1) is 6.61 Å². The molecular formula is C13H18ClNO2. The van der Waals surface area contributed by atoms with E-state index in [1.54, 1.807) is 0 Å². The van der Waals surface area contributed by atoms with Crippen LogP contribution in [0, 0.1) is 6.92 Å². The van der Waals surface area contributed by atoms with Crippen molar-refractivity contribution in [1.29, 1.82) is 0 Å². The second-order valence-electron chi connectivity index (χ2n) is 4.32. The first-order valence-corrected chi connectivity index (χ1v) is 6.26. The number of hydrogen-bond donors (Lipinski definition) is 1. The lowest BCUT2D eigenvalue weighted by molar-refractivity contribution is -0.0131. The first-order valence-electron chi connectivity index (χ1n) is 5.88. The molecule has 0 aromatic heterocycles. The lowest BCUT2D eigenvalue weighted by Crippen LogP contribution is -2.48. The van der Waals surface area contributed by atoms with E-state index in [2.05, 4.69) is 5.32 Å². The summed E-state index contributed by atoms with van der Waals surface area (Å²) in [4.78, 5) is 0. The summed E-state index contributed by atoms with van der Waals surface area (Å²) in [7, 11) is 1.96.